The van der Waals surface area contributed by atoms with Crippen molar-refractivity contribution in [1.29, 1.82) is 0 Å². The van der Waals surface area contributed by atoms with Gasteiger partial charge in [0.1, 0.15) is 0 Å². The molecule has 0 aliphatic heterocycles. The van der Waals surface area contributed by atoms with Crippen LogP contribution in [-0.2, 0) is 31.3 Å². The molecule has 0 aliphatic rings. The summed E-state index contributed by atoms with van der Waals surface area (Å²) in [4.78, 5) is 18.8. The summed E-state index contributed by atoms with van der Waals surface area (Å²) in [5, 5.41) is 16.4. The Hall–Kier alpha value is -0.0257. The third kappa shape index (κ3) is 4.48. The van der Waals surface area contributed by atoms with Gasteiger partial charge in [-0.15, -0.1) is 0 Å². The number of hydrogen-bond donors (Lipinski definition) is 2. The van der Waals surface area contributed by atoms with Crippen molar-refractivity contribution in [2.45, 2.75) is 12.2 Å². The molecule has 0 aromatic heterocycles. The van der Waals surface area contributed by atoms with Crippen LogP contribution in [0.1, 0.15) is 0 Å². The van der Waals surface area contributed by atoms with Gasteiger partial charge in [-0.25, -0.2) is 12.6 Å². The van der Waals surface area contributed by atoms with E-state index in [2.05, 4.69) is 0 Å². The average Bonchev–Trinajstić information content (AvgIpc) is 1.84. The Morgan fingerprint density at radius 3 is 1.33 bits per heavy atom. The SMILES string of the molecule is O=[C-]C(O)C(O)[C-]=O.[Ti+2]. The van der Waals surface area contributed by atoms with E-state index in [1.54, 1.807) is 0 Å². The third-order valence-corrected chi connectivity index (χ3v) is 0.541. The number of rotatable bonds is 3. The van der Waals surface area contributed by atoms with Gasteiger partial charge in [-0.2, -0.15) is 0 Å². The molecule has 9 heavy (non-hydrogen) atoms. The molecule has 0 aromatic rings. The second-order valence-electron chi connectivity index (χ2n) is 1.13. The maximum absolute atomic E-state index is 9.39. The Bertz CT molecular complexity index is 82.6. The van der Waals surface area contributed by atoms with Crippen molar-refractivity contribution in [2.75, 3.05) is 0 Å². The molecule has 0 radical (unpaired) electrons. The van der Waals surface area contributed by atoms with Gasteiger partial charge in [-0.05, 0) is 12.2 Å². The van der Waals surface area contributed by atoms with Gasteiger partial charge in [0.15, 0.2) is 0 Å². The molecular formula is C4H4O4Ti. The molecule has 48 valence electrons. The second-order valence-corrected chi connectivity index (χ2v) is 1.13. The van der Waals surface area contributed by atoms with Crippen LogP contribution >= 0.6 is 0 Å². The molecule has 0 saturated carbocycles. The van der Waals surface area contributed by atoms with Gasteiger partial charge in [0.2, 0.25) is 0 Å². The van der Waals surface area contributed by atoms with Crippen LogP contribution in [0, 0.1) is 0 Å². The van der Waals surface area contributed by atoms with Crippen LogP contribution in [0.5, 0.6) is 0 Å². The van der Waals surface area contributed by atoms with Crippen LogP contribution in [0.4, 0.5) is 0 Å². The zero-order valence-corrected chi connectivity index (χ0v) is 5.93. The molecule has 2 N–H and O–H groups in total. The van der Waals surface area contributed by atoms with Crippen molar-refractivity contribution >= 4 is 12.6 Å². The molecule has 2 unspecified atom stereocenters. The van der Waals surface area contributed by atoms with E-state index in [-0.39, 0.29) is 21.7 Å². The van der Waals surface area contributed by atoms with Gasteiger partial charge in [-0.1, -0.05) is 0 Å². The van der Waals surface area contributed by atoms with Gasteiger partial charge < -0.3 is 19.8 Å². The summed E-state index contributed by atoms with van der Waals surface area (Å²) in [6.07, 6.45) is -1.50. The summed E-state index contributed by atoms with van der Waals surface area (Å²) in [5.74, 6) is 0. The Morgan fingerprint density at radius 2 is 1.22 bits per heavy atom. The van der Waals surface area contributed by atoms with Gasteiger partial charge in [0.25, 0.3) is 0 Å². The second kappa shape index (κ2) is 6.10. The standard InChI is InChI=1S/C4H4O4.Ti/c5-1-3(7)4(8)2-6;/h3-4,7-8H;/q-2;+2. The molecular weight excluding hydrogens is 160 g/mol. The molecule has 0 heterocycles. The van der Waals surface area contributed by atoms with Gasteiger partial charge in [0.05, 0.1) is 0 Å². The van der Waals surface area contributed by atoms with E-state index in [9.17, 15) is 9.59 Å². The number of aliphatic hydroxyl groups is 2. The van der Waals surface area contributed by atoms with E-state index in [0.29, 0.717) is 0 Å². The molecule has 0 aromatic carbocycles. The maximum atomic E-state index is 9.39. The monoisotopic (exact) mass is 164 g/mol. The third-order valence-electron chi connectivity index (χ3n) is 0.541. The fourth-order valence-corrected chi connectivity index (χ4v) is 0.129. The molecule has 0 rings (SSSR count). The molecule has 4 nitrogen and oxygen atoms in total. The zero-order chi connectivity index (χ0) is 6.57. The number of carbonyl (C=O) groups excluding carboxylic acids is 2. The van der Waals surface area contributed by atoms with Crippen LogP contribution in [0.2, 0.25) is 0 Å². The number of hydrogen-bond acceptors (Lipinski definition) is 4. The van der Waals surface area contributed by atoms with Crippen molar-refractivity contribution in [3.63, 3.8) is 0 Å². The normalized spacial score (nSPS) is 14.9. The Kier molecular flexibility index (Phi) is 7.95. The minimum absolute atomic E-state index is 0. The predicted molar refractivity (Wildman–Crippen MR) is 23.4 cm³/mol. The topological polar surface area (TPSA) is 74.6 Å². The molecule has 0 amide bonds. The minimum atomic E-state index is -1.76. The van der Waals surface area contributed by atoms with Crippen molar-refractivity contribution in [1.82, 2.24) is 0 Å². The minimum Gasteiger partial charge on any atom is -0.539 e. The summed E-state index contributed by atoms with van der Waals surface area (Å²) in [6.45, 7) is 0. The van der Waals surface area contributed by atoms with Crippen LogP contribution in [0.15, 0.2) is 0 Å². The van der Waals surface area contributed by atoms with Gasteiger partial charge >= 0.3 is 21.7 Å². The van der Waals surface area contributed by atoms with Crippen molar-refractivity contribution in [3.05, 3.63) is 0 Å². The molecule has 0 saturated heterocycles. The summed E-state index contributed by atoms with van der Waals surface area (Å²) < 4.78 is 0. The molecule has 5 heteroatoms. The summed E-state index contributed by atoms with van der Waals surface area (Å²) in [5.41, 5.74) is 0. The predicted octanol–water partition coefficient (Wildman–Crippen LogP) is -2.07. The van der Waals surface area contributed by atoms with E-state index in [4.69, 9.17) is 10.2 Å². The van der Waals surface area contributed by atoms with Crippen molar-refractivity contribution in [3.8, 4) is 0 Å². The first kappa shape index (κ1) is 11.7. The first-order valence-corrected chi connectivity index (χ1v) is 1.84. The summed E-state index contributed by atoms with van der Waals surface area (Å²) >= 11 is 0. The maximum Gasteiger partial charge on any atom is 2.00 e. The van der Waals surface area contributed by atoms with Crippen molar-refractivity contribution < 1.29 is 41.5 Å². The van der Waals surface area contributed by atoms with Gasteiger partial charge in [0, 0.05) is 0 Å². The molecule has 0 spiro atoms. The summed E-state index contributed by atoms with van der Waals surface area (Å²) in [6, 6.07) is 0. The van der Waals surface area contributed by atoms with E-state index >= 15 is 0 Å². The van der Waals surface area contributed by atoms with E-state index in [1.165, 1.54) is 0 Å². The van der Waals surface area contributed by atoms with Crippen LogP contribution in [-0.4, -0.2) is 35.0 Å². The average molecular weight is 164 g/mol. The van der Waals surface area contributed by atoms with Gasteiger partial charge in [-0.3, -0.25) is 0 Å². The first-order chi connectivity index (χ1) is 3.72. The van der Waals surface area contributed by atoms with Crippen molar-refractivity contribution in [2.24, 2.45) is 0 Å². The first-order valence-electron chi connectivity index (χ1n) is 1.84. The largest absolute Gasteiger partial charge is 2.00 e. The van der Waals surface area contributed by atoms with Crippen LogP contribution < -0.4 is 0 Å². The smallest absolute Gasteiger partial charge is 0.539 e. The molecule has 2 atom stereocenters. The molecule has 0 fully saturated rings. The van der Waals surface area contributed by atoms with E-state index in [0.717, 1.165) is 12.6 Å². The summed E-state index contributed by atoms with van der Waals surface area (Å²) in [7, 11) is 0. The Morgan fingerprint density at radius 1 is 1.00 bits per heavy atom. The zero-order valence-electron chi connectivity index (χ0n) is 4.37. The van der Waals surface area contributed by atoms with E-state index < -0.39 is 12.2 Å². The molecule has 0 bridgehead atoms. The number of aliphatic hydroxyl groups excluding tert-OH is 2. The quantitative estimate of drug-likeness (QED) is 0.371. The Labute approximate surface area is 66.8 Å². The fraction of sp³-hybridized carbons (Fsp3) is 0.500. The van der Waals surface area contributed by atoms with E-state index in [1.807, 2.05) is 0 Å². The Balaban J connectivity index is 0. The fourth-order valence-electron chi connectivity index (χ4n) is 0.129. The molecule has 0 aliphatic carbocycles. The van der Waals surface area contributed by atoms with Crippen LogP contribution in [0.25, 0.3) is 0 Å². The van der Waals surface area contributed by atoms with Crippen LogP contribution in [0.3, 0.4) is 0 Å².